The van der Waals surface area contributed by atoms with Gasteiger partial charge in [-0.25, -0.2) is 4.67 Å². The minimum Gasteiger partial charge on any atom is -0.497 e. The van der Waals surface area contributed by atoms with E-state index in [0.717, 1.165) is 53.9 Å². The van der Waals surface area contributed by atoms with Gasteiger partial charge in [-0.2, -0.15) is 5.26 Å². The number of ether oxygens (including phenoxy) is 3. The lowest BCUT2D eigenvalue weighted by Gasteiger charge is -2.41. The fourth-order valence-corrected chi connectivity index (χ4v) is 8.67. The van der Waals surface area contributed by atoms with Crippen molar-refractivity contribution in [3.63, 3.8) is 0 Å². The molecule has 1 atom stereocenters. The molecule has 1 fully saturated rings. The van der Waals surface area contributed by atoms with Crippen molar-refractivity contribution in [2.24, 2.45) is 5.41 Å². The first-order valence-electron chi connectivity index (χ1n) is 17.5. The summed E-state index contributed by atoms with van der Waals surface area (Å²) >= 11 is 0. The molecule has 3 aromatic carbocycles. The Kier molecular flexibility index (Phi) is 14.7. The molecule has 3 aromatic rings. The van der Waals surface area contributed by atoms with Gasteiger partial charge in [0.1, 0.15) is 17.1 Å². The van der Waals surface area contributed by atoms with E-state index in [-0.39, 0.29) is 17.5 Å². The maximum Gasteiger partial charge on any atom is 0.259 e. The van der Waals surface area contributed by atoms with Crippen LogP contribution >= 0.6 is 8.53 Å². The van der Waals surface area contributed by atoms with Gasteiger partial charge in [0.25, 0.3) is 8.53 Å². The Bertz CT molecular complexity index is 1330. The highest BCUT2D eigenvalue weighted by atomic mass is 31.2. The Morgan fingerprint density at radius 2 is 1.21 bits per heavy atom. The lowest BCUT2D eigenvalue weighted by Crippen LogP contribution is -2.36. The molecule has 0 heterocycles. The third-order valence-corrected chi connectivity index (χ3v) is 11.6. The molecule has 1 aliphatic carbocycles. The molecule has 0 spiro atoms. The maximum absolute atomic E-state index is 9.12. The van der Waals surface area contributed by atoms with E-state index in [4.69, 9.17) is 28.5 Å². The van der Waals surface area contributed by atoms with E-state index in [2.05, 4.69) is 87.0 Å². The lowest BCUT2D eigenvalue weighted by atomic mass is 9.70. The van der Waals surface area contributed by atoms with Gasteiger partial charge >= 0.3 is 0 Å². The monoisotopic (exact) mass is 674 g/mol. The summed E-state index contributed by atoms with van der Waals surface area (Å²) in [5.41, 5.74) is 2.45. The van der Waals surface area contributed by atoms with Crippen LogP contribution in [-0.2, 0) is 19.4 Å². The van der Waals surface area contributed by atoms with Crippen molar-refractivity contribution in [1.29, 1.82) is 5.26 Å². The van der Waals surface area contributed by atoms with Crippen molar-refractivity contribution < 1.29 is 23.3 Å². The number of rotatable bonds is 19. The zero-order chi connectivity index (χ0) is 34.4. The third kappa shape index (κ3) is 9.59. The van der Waals surface area contributed by atoms with Gasteiger partial charge in [-0.05, 0) is 99.7 Å². The van der Waals surface area contributed by atoms with Gasteiger partial charge in [0.15, 0.2) is 0 Å². The molecule has 8 heteroatoms. The molecule has 0 aromatic heterocycles. The summed E-state index contributed by atoms with van der Waals surface area (Å²) in [5, 5.41) is 9.12. The lowest BCUT2D eigenvalue weighted by molar-refractivity contribution is -0.0156. The molecule has 0 bridgehead atoms. The summed E-state index contributed by atoms with van der Waals surface area (Å²) in [6.07, 6.45) is 8.28. The van der Waals surface area contributed by atoms with Gasteiger partial charge in [0.2, 0.25) is 0 Å². The van der Waals surface area contributed by atoms with Gasteiger partial charge in [0.05, 0.1) is 39.9 Å². The molecule has 0 radical (unpaired) electrons. The summed E-state index contributed by atoms with van der Waals surface area (Å²) in [6, 6.07) is 29.8. The number of hydrogen-bond donors (Lipinski definition) is 0. The first-order chi connectivity index (χ1) is 23.3. The van der Waals surface area contributed by atoms with Crippen LogP contribution in [0.2, 0.25) is 0 Å². The zero-order valence-corrected chi connectivity index (χ0v) is 30.7. The molecule has 260 valence electrons. The highest BCUT2D eigenvalue weighted by molar-refractivity contribution is 7.44. The summed E-state index contributed by atoms with van der Waals surface area (Å²) in [5.74, 6) is 1.61. The van der Waals surface area contributed by atoms with Crippen LogP contribution in [0.5, 0.6) is 11.5 Å². The van der Waals surface area contributed by atoms with Crippen molar-refractivity contribution in [1.82, 2.24) is 4.67 Å². The summed E-state index contributed by atoms with van der Waals surface area (Å²) in [4.78, 5) is 0. The summed E-state index contributed by atoms with van der Waals surface area (Å²) < 4.78 is 33.4. The Hall–Kier alpha value is -2.98. The Morgan fingerprint density at radius 1 is 0.708 bits per heavy atom. The maximum atomic E-state index is 9.12. The first kappa shape index (κ1) is 37.8. The van der Waals surface area contributed by atoms with Gasteiger partial charge in [-0.3, -0.25) is 0 Å². The highest BCUT2D eigenvalue weighted by Crippen LogP contribution is 2.49. The van der Waals surface area contributed by atoms with Crippen molar-refractivity contribution in [2.75, 3.05) is 34.0 Å². The molecule has 1 aliphatic rings. The van der Waals surface area contributed by atoms with E-state index >= 15 is 0 Å². The van der Waals surface area contributed by atoms with Crippen molar-refractivity contribution in [2.45, 2.75) is 96.7 Å². The summed E-state index contributed by atoms with van der Waals surface area (Å²) in [6.45, 7) is 10.3. The number of methoxy groups -OCH3 is 2. The zero-order valence-electron chi connectivity index (χ0n) is 29.8. The van der Waals surface area contributed by atoms with Crippen molar-refractivity contribution in [3.05, 3.63) is 95.6 Å². The predicted molar refractivity (Wildman–Crippen MR) is 194 cm³/mol. The molecule has 1 unspecified atom stereocenters. The average Bonchev–Trinajstić information content (AvgIpc) is 3.11. The van der Waals surface area contributed by atoms with E-state index in [1.165, 1.54) is 19.3 Å². The van der Waals surface area contributed by atoms with Crippen molar-refractivity contribution in [3.8, 4) is 17.6 Å². The smallest absolute Gasteiger partial charge is 0.259 e. The molecular weight excluding hydrogens is 619 g/mol. The van der Waals surface area contributed by atoms with E-state index in [1.807, 2.05) is 30.3 Å². The number of hydrogen-bond acceptors (Lipinski definition) is 7. The molecule has 1 saturated carbocycles. The van der Waals surface area contributed by atoms with Crippen LogP contribution in [-0.4, -0.2) is 50.8 Å². The molecule has 48 heavy (non-hydrogen) atoms. The Morgan fingerprint density at radius 3 is 1.71 bits per heavy atom. The van der Waals surface area contributed by atoms with Gasteiger partial charge < -0.3 is 23.3 Å². The number of benzene rings is 3. The average molecular weight is 675 g/mol. The Balaban J connectivity index is 1.61. The second-order valence-corrected chi connectivity index (χ2v) is 14.7. The topological polar surface area (TPSA) is 73.2 Å². The van der Waals surface area contributed by atoms with E-state index in [0.29, 0.717) is 26.2 Å². The minimum absolute atomic E-state index is 0.120. The van der Waals surface area contributed by atoms with Crippen LogP contribution < -0.4 is 9.47 Å². The van der Waals surface area contributed by atoms with E-state index in [1.54, 1.807) is 14.2 Å². The molecule has 0 aliphatic heterocycles. The number of nitriles is 1. The standard InChI is InChI=1S/C40H55N2O5P/c1-32(2)42(33(3)4)48(46-29-13-28-41)47-31-27-39(24-11-8-12-25-39)26-30-45-40(34-14-9-7-10-15-34,35-16-20-37(43-5)21-17-35)36-18-22-38(44-6)23-19-36/h7,9-10,14-23,32-33H,8,11-13,24-27,29-31H2,1-6H3. The molecule has 7 nitrogen and oxygen atoms in total. The second-order valence-electron chi connectivity index (χ2n) is 13.3. The SMILES string of the molecule is COc1ccc(C(OCCC2(CCOP(OCCC#N)N(C(C)C)C(C)C)CCCCC2)(c2ccccc2)c2ccc(OC)cc2)cc1. The van der Waals surface area contributed by atoms with Gasteiger partial charge in [0, 0.05) is 18.7 Å². The highest BCUT2D eigenvalue weighted by Gasteiger charge is 2.40. The fourth-order valence-electron chi connectivity index (χ4n) is 7.08. The van der Waals surface area contributed by atoms with Crippen LogP contribution in [0.3, 0.4) is 0 Å². The molecule has 0 saturated heterocycles. The van der Waals surface area contributed by atoms with Gasteiger partial charge in [-0.1, -0.05) is 73.9 Å². The van der Waals surface area contributed by atoms with Crippen molar-refractivity contribution >= 4 is 8.53 Å². The molecule has 4 rings (SSSR count). The largest absolute Gasteiger partial charge is 0.497 e. The fraction of sp³-hybridized carbons (Fsp3) is 0.525. The molecular formula is C40H55N2O5P. The van der Waals surface area contributed by atoms with Crippen LogP contribution in [0, 0.1) is 16.7 Å². The molecule has 0 N–H and O–H groups in total. The van der Waals surface area contributed by atoms with Gasteiger partial charge in [-0.15, -0.1) is 0 Å². The van der Waals surface area contributed by atoms with Crippen LogP contribution in [0.4, 0.5) is 0 Å². The van der Waals surface area contributed by atoms with Crippen LogP contribution in [0.15, 0.2) is 78.9 Å². The normalized spacial score (nSPS) is 15.4. The predicted octanol–water partition coefficient (Wildman–Crippen LogP) is 10.0. The quantitative estimate of drug-likeness (QED) is 0.0712. The minimum atomic E-state index is -1.26. The molecule has 0 amide bonds. The van der Waals surface area contributed by atoms with Crippen LogP contribution in [0.25, 0.3) is 0 Å². The number of nitrogens with zero attached hydrogens (tertiary/aromatic N) is 2. The van der Waals surface area contributed by atoms with E-state index in [9.17, 15) is 0 Å². The Labute approximate surface area is 290 Å². The summed E-state index contributed by atoms with van der Waals surface area (Å²) in [7, 11) is 2.12. The van der Waals surface area contributed by atoms with Crippen LogP contribution in [0.1, 0.15) is 95.8 Å². The van der Waals surface area contributed by atoms with E-state index < -0.39 is 14.1 Å². The third-order valence-electron chi connectivity index (χ3n) is 9.54. The first-order valence-corrected chi connectivity index (χ1v) is 18.6. The second kappa shape index (κ2) is 18.7.